The summed E-state index contributed by atoms with van der Waals surface area (Å²) in [4.78, 5) is 13.0. The molecule has 0 aliphatic heterocycles. The lowest BCUT2D eigenvalue weighted by molar-refractivity contribution is -0.117. The number of benzene rings is 2. The maximum atomic E-state index is 13.0. The van der Waals surface area contributed by atoms with Gasteiger partial charge in [0.05, 0.1) is 11.9 Å². The Hall–Kier alpha value is -2.34. The fraction of sp³-hybridized carbons (Fsp3) is 0.381. The van der Waals surface area contributed by atoms with Crippen molar-refractivity contribution in [3.8, 4) is 0 Å². The largest absolute Gasteiger partial charge is 0.324 e. The van der Waals surface area contributed by atoms with Gasteiger partial charge in [-0.25, -0.2) is 8.42 Å². The lowest BCUT2D eigenvalue weighted by atomic mass is 10.1. The molecule has 0 bridgehead atoms. The third kappa shape index (κ3) is 5.10. The molecule has 0 heterocycles. The Morgan fingerprint density at radius 2 is 1.67 bits per heavy atom. The van der Waals surface area contributed by atoms with Crippen LogP contribution in [-0.2, 0) is 21.2 Å². The summed E-state index contributed by atoms with van der Waals surface area (Å²) in [6.07, 6.45) is 2.28. The first kappa shape index (κ1) is 21.0. The van der Waals surface area contributed by atoms with Crippen molar-refractivity contribution in [2.45, 2.75) is 46.6 Å². The van der Waals surface area contributed by atoms with E-state index < -0.39 is 16.1 Å². The topological polar surface area (TPSA) is 66.5 Å². The summed E-state index contributed by atoms with van der Waals surface area (Å²) in [5.41, 5.74) is 4.14. The molecule has 2 aromatic rings. The van der Waals surface area contributed by atoms with Gasteiger partial charge in [-0.2, -0.15) is 0 Å². The zero-order chi connectivity index (χ0) is 20.2. The number of carbonyl (C=O) groups is 1. The first-order valence-electron chi connectivity index (χ1n) is 9.13. The van der Waals surface area contributed by atoms with Crippen LogP contribution < -0.4 is 9.62 Å². The zero-order valence-corrected chi connectivity index (χ0v) is 17.4. The molecule has 2 rings (SSSR count). The number of anilines is 2. The van der Waals surface area contributed by atoms with Crippen molar-refractivity contribution in [2.24, 2.45) is 0 Å². The molecule has 6 heteroatoms. The number of aryl methyl sites for hydroxylation is 3. The molecule has 0 saturated carbocycles. The second-order valence-corrected chi connectivity index (χ2v) is 8.69. The van der Waals surface area contributed by atoms with Gasteiger partial charge in [0.1, 0.15) is 6.04 Å². The van der Waals surface area contributed by atoms with Crippen molar-refractivity contribution in [3.05, 3.63) is 59.2 Å². The van der Waals surface area contributed by atoms with Crippen LogP contribution in [0, 0.1) is 13.8 Å². The van der Waals surface area contributed by atoms with E-state index in [2.05, 4.69) is 5.32 Å². The molecule has 146 valence electrons. The molecular weight excluding hydrogens is 360 g/mol. The Morgan fingerprint density at radius 3 is 2.19 bits per heavy atom. The van der Waals surface area contributed by atoms with Crippen LogP contribution in [0.15, 0.2) is 42.5 Å². The molecular formula is C21H28N2O3S. The molecule has 2 aromatic carbocycles. The third-order valence-electron chi connectivity index (χ3n) is 4.45. The van der Waals surface area contributed by atoms with E-state index >= 15 is 0 Å². The zero-order valence-electron chi connectivity index (χ0n) is 16.6. The van der Waals surface area contributed by atoms with Gasteiger partial charge in [0.25, 0.3) is 0 Å². The molecule has 0 aromatic heterocycles. The molecule has 1 N–H and O–H groups in total. The summed E-state index contributed by atoms with van der Waals surface area (Å²) in [5.74, 6) is -0.331. The van der Waals surface area contributed by atoms with Gasteiger partial charge >= 0.3 is 0 Å². The number of nitrogens with one attached hydrogen (secondary N) is 1. The highest BCUT2D eigenvalue weighted by Crippen LogP contribution is 2.26. The van der Waals surface area contributed by atoms with E-state index in [1.165, 1.54) is 4.31 Å². The van der Waals surface area contributed by atoms with Crippen molar-refractivity contribution in [1.29, 1.82) is 0 Å². The first-order valence-corrected chi connectivity index (χ1v) is 11.0. The second-order valence-electron chi connectivity index (χ2n) is 6.83. The highest BCUT2D eigenvalue weighted by Gasteiger charge is 2.32. The summed E-state index contributed by atoms with van der Waals surface area (Å²) < 4.78 is 26.4. The van der Waals surface area contributed by atoms with Crippen LogP contribution in [0.1, 0.15) is 37.0 Å². The van der Waals surface area contributed by atoms with Gasteiger partial charge < -0.3 is 5.32 Å². The molecule has 0 radical (unpaired) electrons. The summed E-state index contributed by atoms with van der Waals surface area (Å²) in [7, 11) is -3.64. The average Bonchev–Trinajstić information content (AvgIpc) is 2.57. The number of rotatable bonds is 7. The fourth-order valence-electron chi connectivity index (χ4n) is 3.30. The predicted octanol–water partition coefficient (Wildman–Crippen LogP) is 4.05. The Labute approximate surface area is 162 Å². The van der Waals surface area contributed by atoms with E-state index in [9.17, 15) is 13.2 Å². The standard InChI is InChI=1S/C21H28N2O3S/c1-6-17-10-8-9-11-19(17)22-21(24)20(7-2)23(27(5,25)26)18-13-15(3)12-16(4)14-18/h8-14,20H,6-7H2,1-5H3,(H,22,24)/t20-/m1/s1. The van der Waals surface area contributed by atoms with Crippen LogP contribution in [0.3, 0.4) is 0 Å². The lowest BCUT2D eigenvalue weighted by Crippen LogP contribution is -2.47. The van der Waals surface area contributed by atoms with E-state index in [0.29, 0.717) is 12.1 Å². The molecule has 5 nitrogen and oxygen atoms in total. The number of sulfonamides is 1. The van der Waals surface area contributed by atoms with Crippen molar-refractivity contribution < 1.29 is 13.2 Å². The number of hydrogen-bond acceptors (Lipinski definition) is 3. The lowest BCUT2D eigenvalue weighted by Gasteiger charge is -2.30. The van der Waals surface area contributed by atoms with Crippen LogP contribution in [0.5, 0.6) is 0 Å². The van der Waals surface area contributed by atoms with Gasteiger partial charge in [-0.1, -0.05) is 38.1 Å². The van der Waals surface area contributed by atoms with Crippen LogP contribution in [0.2, 0.25) is 0 Å². The Balaban J connectivity index is 2.44. The molecule has 0 saturated heterocycles. The molecule has 27 heavy (non-hydrogen) atoms. The van der Waals surface area contributed by atoms with Crippen LogP contribution in [0.25, 0.3) is 0 Å². The summed E-state index contributed by atoms with van der Waals surface area (Å²) in [6, 6.07) is 12.3. The Kier molecular flexibility index (Phi) is 6.65. The van der Waals surface area contributed by atoms with Crippen LogP contribution in [0.4, 0.5) is 11.4 Å². The number of para-hydroxylation sites is 1. The SMILES string of the molecule is CCc1ccccc1NC(=O)[C@@H](CC)N(c1cc(C)cc(C)c1)S(C)(=O)=O. The van der Waals surface area contributed by atoms with Crippen molar-refractivity contribution in [3.63, 3.8) is 0 Å². The number of carbonyl (C=O) groups excluding carboxylic acids is 1. The Morgan fingerprint density at radius 1 is 1.07 bits per heavy atom. The smallest absolute Gasteiger partial charge is 0.248 e. The van der Waals surface area contributed by atoms with E-state index in [0.717, 1.165) is 35.1 Å². The first-order chi connectivity index (χ1) is 12.7. The second kappa shape index (κ2) is 8.57. The molecule has 1 amide bonds. The molecule has 0 aliphatic rings. The van der Waals surface area contributed by atoms with Crippen LogP contribution in [-0.4, -0.2) is 26.6 Å². The highest BCUT2D eigenvalue weighted by molar-refractivity contribution is 7.92. The molecule has 0 unspecified atom stereocenters. The van der Waals surface area contributed by atoms with E-state index in [1.807, 2.05) is 58.0 Å². The Bertz CT molecular complexity index is 903. The number of nitrogens with zero attached hydrogens (tertiary/aromatic N) is 1. The fourth-order valence-corrected chi connectivity index (χ4v) is 4.50. The van der Waals surface area contributed by atoms with E-state index in [4.69, 9.17) is 0 Å². The number of amides is 1. The molecule has 1 atom stereocenters. The van der Waals surface area contributed by atoms with Crippen molar-refractivity contribution in [1.82, 2.24) is 0 Å². The highest BCUT2D eigenvalue weighted by atomic mass is 32.2. The van der Waals surface area contributed by atoms with Crippen molar-refractivity contribution in [2.75, 3.05) is 15.9 Å². The normalized spacial score (nSPS) is 12.5. The van der Waals surface area contributed by atoms with Gasteiger partial charge in [-0.05, 0) is 61.6 Å². The van der Waals surface area contributed by atoms with Gasteiger partial charge in [0.2, 0.25) is 15.9 Å². The van der Waals surface area contributed by atoms with Crippen LogP contribution >= 0.6 is 0 Å². The molecule has 0 spiro atoms. The quantitative estimate of drug-likeness (QED) is 0.778. The number of hydrogen-bond donors (Lipinski definition) is 1. The van der Waals surface area contributed by atoms with Gasteiger partial charge in [-0.3, -0.25) is 9.10 Å². The maximum absolute atomic E-state index is 13.0. The van der Waals surface area contributed by atoms with Gasteiger partial charge in [0, 0.05) is 5.69 Å². The maximum Gasteiger partial charge on any atom is 0.248 e. The summed E-state index contributed by atoms with van der Waals surface area (Å²) in [6.45, 7) is 7.66. The summed E-state index contributed by atoms with van der Waals surface area (Å²) in [5, 5.41) is 2.92. The monoisotopic (exact) mass is 388 g/mol. The minimum Gasteiger partial charge on any atom is -0.324 e. The molecule has 0 aliphatic carbocycles. The average molecular weight is 389 g/mol. The third-order valence-corrected chi connectivity index (χ3v) is 5.63. The summed E-state index contributed by atoms with van der Waals surface area (Å²) >= 11 is 0. The minimum absolute atomic E-state index is 0.331. The minimum atomic E-state index is -3.64. The van der Waals surface area contributed by atoms with E-state index in [1.54, 1.807) is 12.1 Å². The van der Waals surface area contributed by atoms with E-state index in [-0.39, 0.29) is 5.91 Å². The van der Waals surface area contributed by atoms with Crippen molar-refractivity contribution >= 4 is 27.3 Å². The van der Waals surface area contributed by atoms with Gasteiger partial charge in [0.15, 0.2) is 0 Å². The molecule has 0 fully saturated rings. The predicted molar refractivity (Wildman–Crippen MR) is 112 cm³/mol. The van der Waals surface area contributed by atoms with Gasteiger partial charge in [-0.15, -0.1) is 0 Å².